The van der Waals surface area contributed by atoms with Crippen molar-refractivity contribution in [2.45, 2.75) is 104 Å². The topological polar surface area (TPSA) is 72.8 Å². The first-order chi connectivity index (χ1) is 15.4. The van der Waals surface area contributed by atoms with E-state index < -0.39 is 6.10 Å². The standard InChI is InChI=1S/C26H44O5S/c1-5-7-12-20(3)19-22(27)16-14-21-15-17-23(31-25(29)11-6-2)26(21)32-18-10-8-9-13-24(28)30-4/h14,16,20-22,27H,5-13,15,17-19H2,1-4H3/b16-14+/t20-,21?,22?/m1/s1. The van der Waals surface area contributed by atoms with Crippen LogP contribution >= 0.6 is 11.8 Å². The summed E-state index contributed by atoms with van der Waals surface area (Å²) in [6, 6.07) is 0. The minimum absolute atomic E-state index is 0.158. The molecule has 1 N–H and O–H groups in total. The van der Waals surface area contributed by atoms with E-state index in [1.807, 2.05) is 13.0 Å². The van der Waals surface area contributed by atoms with Gasteiger partial charge in [0.1, 0.15) is 5.76 Å². The molecule has 2 unspecified atom stereocenters. The molecule has 0 spiro atoms. The molecule has 1 aliphatic rings. The third kappa shape index (κ3) is 12.1. The minimum atomic E-state index is -0.432. The highest BCUT2D eigenvalue weighted by molar-refractivity contribution is 8.03. The molecule has 0 heterocycles. The largest absolute Gasteiger partial charge is 0.469 e. The Kier molecular flexibility index (Phi) is 15.5. The van der Waals surface area contributed by atoms with Crippen molar-refractivity contribution in [3.8, 4) is 0 Å². The monoisotopic (exact) mass is 468 g/mol. The Morgan fingerprint density at radius 2 is 1.91 bits per heavy atom. The molecule has 32 heavy (non-hydrogen) atoms. The van der Waals surface area contributed by atoms with E-state index in [0.29, 0.717) is 18.8 Å². The van der Waals surface area contributed by atoms with Crippen LogP contribution < -0.4 is 0 Å². The van der Waals surface area contributed by atoms with Crippen molar-refractivity contribution in [1.82, 2.24) is 0 Å². The molecule has 1 aliphatic carbocycles. The average molecular weight is 469 g/mol. The Bertz CT molecular complexity index is 613. The highest BCUT2D eigenvalue weighted by Crippen LogP contribution is 2.41. The number of esters is 2. The van der Waals surface area contributed by atoms with Crippen LogP contribution in [0.3, 0.4) is 0 Å². The van der Waals surface area contributed by atoms with Crippen molar-refractivity contribution in [1.29, 1.82) is 0 Å². The van der Waals surface area contributed by atoms with Crippen LogP contribution in [0.25, 0.3) is 0 Å². The highest BCUT2D eigenvalue weighted by Gasteiger charge is 2.27. The Labute approximate surface area is 199 Å². The Hall–Kier alpha value is -1.27. The van der Waals surface area contributed by atoms with Crippen LogP contribution in [0.4, 0.5) is 0 Å². The second kappa shape index (κ2) is 17.2. The normalized spacial score (nSPS) is 18.2. The van der Waals surface area contributed by atoms with E-state index in [1.165, 1.54) is 20.0 Å². The van der Waals surface area contributed by atoms with Gasteiger partial charge in [0.25, 0.3) is 0 Å². The maximum atomic E-state index is 12.1. The van der Waals surface area contributed by atoms with Crippen molar-refractivity contribution in [3.05, 3.63) is 22.8 Å². The summed E-state index contributed by atoms with van der Waals surface area (Å²) in [5, 5.41) is 10.5. The van der Waals surface area contributed by atoms with Gasteiger partial charge in [-0.05, 0) is 43.8 Å². The first-order valence-corrected chi connectivity index (χ1v) is 13.4. The van der Waals surface area contributed by atoms with E-state index in [9.17, 15) is 14.7 Å². The quantitative estimate of drug-likeness (QED) is 0.148. The number of methoxy groups -OCH3 is 1. The lowest BCUT2D eigenvalue weighted by Gasteiger charge is -2.15. The number of allylic oxidation sites excluding steroid dienone is 3. The summed E-state index contributed by atoms with van der Waals surface area (Å²) in [7, 11) is 1.42. The second-order valence-electron chi connectivity index (χ2n) is 8.83. The second-order valence-corrected chi connectivity index (χ2v) is 9.96. The number of hydrogen-bond donors (Lipinski definition) is 1. The Morgan fingerprint density at radius 1 is 1.12 bits per heavy atom. The Balaban J connectivity index is 2.65. The van der Waals surface area contributed by atoms with Gasteiger partial charge >= 0.3 is 11.9 Å². The number of rotatable bonds is 17. The van der Waals surface area contributed by atoms with Gasteiger partial charge in [-0.3, -0.25) is 9.59 Å². The number of hydrogen-bond acceptors (Lipinski definition) is 6. The SMILES string of the molecule is CCCC[C@@H](C)CC(O)/C=C/C1CCC(OC(=O)CCC)=C1SCCCCCC(=O)OC. The van der Waals surface area contributed by atoms with Crippen molar-refractivity contribution in [2.24, 2.45) is 11.8 Å². The van der Waals surface area contributed by atoms with Gasteiger partial charge < -0.3 is 14.6 Å². The van der Waals surface area contributed by atoms with Crippen molar-refractivity contribution in [2.75, 3.05) is 12.9 Å². The molecule has 0 saturated heterocycles. The lowest BCUT2D eigenvalue weighted by atomic mass is 9.96. The van der Waals surface area contributed by atoms with Crippen LogP contribution in [0, 0.1) is 11.8 Å². The van der Waals surface area contributed by atoms with Crippen LogP contribution in [-0.2, 0) is 19.1 Å². The van der Waals surface area contributed by atoms with Crippen molar-refractivity contribution < 1.29 is 24.2 Å². The van der Waals surface area contributed by atoms with Crippen LogP contribution in [0.15, 0.2) is 22.8 Å². The highest BCUT2D eigenvalue weighted by atomic mass is 32.2. The van der Waals surface area contributed by atoms with Gasteiger partial charge in [0.05, 0.1) is 13.2 Å². The zero-order valence-electron chi connectivity index (χ0n) is 20.6. The summed E-state index contributed by atoms with van der Waals surface area (Å²) in [4.78, 5) is 24.4. The van der Waals surface area contributed by atoms with E-state index in [-0.39, 0.29) is 17.9 Å². The molecular formula is C26H44O5S. The van der Waals surface area contributed by atoms with Gasteiger partial charge in [0.2, 0.25) is 0 Å². The number of aliphatic hydroxyl groups is 1. The fourth-order valence-corrected chi connectivity index (χ4v) is 5.15. The van der Waals surface area contributed by atoms with E-state index in [4.69, 9.17) is 4.74 Å². The third-order valence-corrected chi connectivity index (χ3v) is 7.09. The van der Waals surface area contributed by atoms with Gasteiger partial charge in [-0.25, -0.2) is 0 Å². The molecule has 184 valence electrons. The molecule has 5 nitrogen and oxygen atoms in total. The van der Waals surface area contributed by atoms with Gasteiger partial charge in [0, 0.05) is 30.1 Å². The van der Waals surface area contributed by atoms with Crippen LogP contribution in [0.2, 0.25) is 0 Å². The average Bonchev–Trinajstić information content (AvgIpc) is 3.14. The predicted molar refractivity (Wildman–Crippen MR) is 132 cm³/mol. The lowest BCUT2D eigenvalue weighted by Crippen LogP contribution is -2.09. The van der Waals surface area contributed by atoms with Gasteiger partial charge in [0.15, 0.2) is 0 Å². The molecule has 0 fully saturated rings. The van der Waals surface area contributed by atoms with Gasteiger partial charge in [-0.2, -0.15) is 0 Å². The molecule has 1 rings (SSSR count). The van der Waals surface area contributed by atoms with E-state index in [0.717, 1.165) is 67.8 Å². The molecule has 0 amide bonds. The summed E-state index contributed by atoms with van der Waals surface area (Å²) in [6.07, 6.45) is 14.1. The minimum Gasteiger partial charge on any atom is -0.469 e. The predicted octanol–water partition coefficient (Wildman–Crippen LogP) is 6.55. The number of ether oxygens (including phenoxy) is 2. The molecule has 0 radical (unpaired) electrons. The zero-order valence-corrected chi connectivity index (χ0v) is 21.4. The molecule has 0 aromatic heterocycles. The summed E-state index contributed by atoms with van der Waals surface area (Å²) in [5.41, 5.74) is 0. The van der Waals surface area contributed by atoms with Crippen LogP contribution in [0.5, 0.6) is 0 Å². The maximum absolute atomic E-state index is 12.1. The first kappa shape index (κ1) is 28.8. The van der Waals surface area contributed by atoms with Gasteiger partial charge in [-0.15, -0.1) is 11.8 Å². The summed E-state index contributed by atoms with van der Waals surface area (Å²) >= 11 is 1.75. The number of thioether (sulfide) groups is 1. The summed E-state index contributed by atoms with van der Waals surface area (Å²) in [5.74, 6) is 2.12. The van der Waals surface area contributed by atoms with Crippen molar-refractivity contribution >= 4 is 23.7 Å². The molecule has 3 atom stereocenters. The van der Waals surface area contributed by atoms with E-state index in [2.05, 4.69) is 24.7 Å². The molecule has 0 aromatic carbocycles. The number of aliphatic hydroxyl groups excluding tert-OH is 1. The number of carbonyl (C=O) groups excluding carboxylic acids is 2. The summed E-state index contributed by atoms with van der Waals surface area (Å²) < 4.78 is 10.4. The molecule has 0 saturated carbocycles. The maximum Gasteiger partial charge on any atom is 0.310 e. The molecule has 0 bridgehead atoms. The van der Waals surface area contributed by atoms with Crippen molar-refractivity contribution in [3.63, 3.8) is 0 Å². The smallest absolute Gasteiger partial charge is 0.310 e. The number of unbranched alkanes of at least 4 members (excludes halogenated alkanes) is 3. The van der Waals surface area contributed by atoms with E-state index in [1.54, 1.807) is 11.8 Å². The number of carbonyl (C=O) groups is 2. The summed E-state index contributed by atoms with van der Waals surface area (Å²) in [6.45, 7) is 6.37. The van der Waals surface area contributed by atoms with Gasteiger partial charge in [-0.1, -0.05) is 58.6 Å². The molecule has 0 aromatic rings. The van der Waals surface area contributed by atoms with E-state index >= 15 is 0 Å². The molecular weight excluding hydrogens is 424 g/mol. The third-order valence-electron chi connectivity index (χ3n) is 5.76. The lowest BCUT2D eigenvalue weighted by molar-refractivity contribution is -0.141. The fraction of sp³-hybridized carbons (Fsp3) is 0.769. The molecule has 6 heteroatoms. The molecule has 0 aliphatic heterocycles. The van der Waals surface area contributed by atoms with Crippen LogP contribution in [-0.4, -0.2) is 36.0 Å². The zero-order chi connectivity index (χ0) is 23.8. The first-order valence-electron chi connectivity index (χ1n) is 12.4. The van der Waals surface area contributed by atoms with Crippen LogP contribution in [0.1, 0.15) is 97.8 Å². The Morgan fingerprint density at radius 3 is 2.59 bits per heavy atom. The fourth-order valence-electron chi connectivity index (χ4n) is 3.87.